The van der Waals surface area contributed by atoms with Crippen LogP contribution in [0.3, 0.4) is 0 Å². The lowest BCUT2D eigenvalue weighted by atomic mass is 9.99. The van der Waals surface area contributed by atoms with Crippen molar-refractivity contribution in [2.24, 2.45) is 0 Å². The Hall–Kier alpha value is -0.120. The Labute approximate surface area is 74.0 Å². The first-order valence-electron chi connectivity index (χ1n) is 4.40. The third-order valence-electron chi connectivity index (χ3n) is 2.42. The molecule has 4 atom stereocenters. The van der Waals surface area contributed by atoms with Crippen molar-refractivity contribution < 1.29 is 14.2 Å². The highest BCUT2D eigenvalue weighted by Gasteiger charge is 2.34. The zero-order valence-electron chi connectivity index (χ0n) is 8.24. The molecule has 0 radical (unpaired) electrons. The minimum atomic E-state index is 0.0752. The second-order valence-electron chi connectivity index (χ2n) is 3.36. The summed E-state index contributed by atoms with van der Waals surface area (Å²) < 4.78 is 16.3. The predicted octanol–water partition coefficient (Wildman–Crippen LogP) is 1.21. The maximum Gasteiger partial charge on any atom is 0.109 e. The van der Waals surface area contributed by atoms with Gasteiger partial charge in [-0.3, -0.25) is 0 Å². The van der Waals surface area contributed by atoms with Gasteiger partial charge < -0.3 is 14.2 Å². The molecule has 0 N–H and O–H groups in total. The van der Waals surface area contributed by atoms with E-state index in [0.717, 1.165) is 6.42 Å². The van der Waals surface area contributed by atoms with Crippen LogP contribution in [0.2, 0.25) is 0 Å². The van der Waals surface area contributed by atoms with E-state index in [-0.39, 0.29) is 24.4 Å². The van der Waals surface area contributed by atoms with Crippen molar-refractivity contribution in [2.45, 2.75) is 44.7 Å². The first-order chi connectivity index (χ1) is 5.69. The molecule has 0 amide bonds. The largest absolute Gasteiger partial charge is 0.379 e. The third kappa shape index (κ3) is 1.97. The topological polar surface area (TPSA) is 27.7 Å². The number of hydrogen-bond donors (Lipinski definition) is 0. The lowest BCUT2D eigenvalue weighted by Gasteiger charge is -2.37. The molecule has 0 saturated carbocycles. The van der Waals surface area contributed by atoms with Gasteiger partial charge in [0, 0.05) is 20.6 Å². The van der Waals surface area contributed by atoms with Crippen LogP contribution in [0.25, 0.3) is 0 Å². The van der Waals surface area contributed by atoms with E-state index in [9.17, 15) is 0 Å². The summed E-state index contributed by atoms with van der Waals surface area (Å²) in [6, 6.07) is 0. The average Bonchev–Trinajstić information content (AvgIpc) is 2.03. The van der Waals surface area contributed by atoms with Crippen molar-refractivity contribution in [3.05, 3.63) is 0 Å². The van der Waals surface area contributed by atoms with Crippen LogP contribution in [0.1, 0.15) is 20.3 Å². The maximum absolute atomic E-state index is 5.62. The first kappa shape index (κ1) is 9.96. The Morgan fingerprint density at radius 3 is 2.33 bits per heavy atom. The van der Waals surface area contributed by atoms with E-state index in [1.54, 1.807) is 14.2 Å². The van der Waals surface area contributed by atoms with Crippen molar-refractivity contribution >= 4 is 0 Å². The lowest BCUT2D eigenvalue weighted by Crippen LogP contribution is -2.47. The van der Waals surface area contributed by atoms with Crippen molar-refractivity contribution in [3.63, 3.8) is 0 Å². The standard InChI is InChI=1S/C9H18O3/c1-6-5-8(10-3)9(11-4)7(2)12-6/h6-9H,5H2,1-4H3. The SMILES string of the molecule is COC1CC(C)OC(C)C1OC. The fourth-order valence-electron chi connectivity index (χ4n) is 1.84. The summed E-state index contributed by atoms with van der Waals surface area (Å²) in [4.78, 5) is 0. The Kier molecular flexibility index (Phi) is 3.50. The fourth-order valence-corrected chi connectivity index (χ4v) is 1.84. The molecular weight excluding hydrogens is 156 g/mol. The van der Waals surface area contributed by atoms with E-state index >= 15 is 0 Å². The van der Waals surface area contributed by atoms with Crippen molar-refractivity contribution in [1.82, 2.24) is 0 Å². The molecule has 72 valence electrons. The Morgan fingerprint density at radius 2 is 1.83 bits per heavy atom. The molecular formula is C9H18O3. The second kappa shape index (κ2) is 4.21. The molecule has 12 heavy (non-hydrogen) atoms. The molecule has 3 heteroatoms. The van der Waals surface area contributed by atoms with E-state index in [1.165, 1.54) is 0 Å². The number of rotatable bonds is 2. The van der Waals surface area contributed by atoms with Crippen LogP contribution in [0.4, 0.5) is 0 Å². The summed E-state index contributed by atoms with van der Waals surface area (Å²) in [5.41, 5.74) is 0. The molecule has 3 nitrogen and oxygen atoms in total. The van der Waals surface area contributed by atoms with E-state index in [2.05, 4.69) is 6.92 Å². The van der Waals surface area contributed by atoms with Crippen LogP contribution >= 0.6 is 0 Å². The highest BCUT2D eigenvalue weighted by Crippen LogP contribution is 2.23. The molecule has 0 bridgehead atoms. The van der Waals surface area contributed by atoms with E-state index in [1.807, 2.05) is 6.92 Å². The van der Waals surface area contributed by atoms with Gasteiger partial charge in [0.2, 0.25) is 0 Å². The summed E-state index contributed by atoms with van der Waals surface area (Å²) in [5.74, 6) is 0. The predicted molar refractivity (Wildman–Crippen MR) is 46.2 cm³/mol. The van der Waals surface area contributed by atoms with Gasteiger partial charge in [-0.05, 0) is 13.8 Å². The molecule has 0 aromatic rings. The Morgan fingerprint density at radius 1 is 1.17 bits per heavy atom. The highest BCUT2D eigenvalue weighted by molar-refractivity contribution is 4.83. The van der Waals surface area contributed by atoms with Gasteiger partial charge in [0.25, 0.3) is 0 Å². The first-order valence-corrected chi connectivity index (χ1v) is 4.40. The van der Waals surface area contributed by atoms with Crippen molar-refractivity contribution in [2.75, 3.05) is 14.2 Å². The van der Waals surface area contributed by atoms with Crippen molar-refractivity contribution in [3.8, 4) is 0 Å². The zero-order chi connectivity index (χ0) is 9.14. The van der Waals surface area contributed by atoms with Gasteiger partial charge in [-0.1, -0.05) is 0 Å². The van der Waals surface area contributed by atoms with Gasteiger partial charge in [-0.25, -0.2) is 0 Å². The number of ether oxygens (including phenoxy) is 3. The maximum atomic E-state index is 5.62. The van der Waals surface area contributed by atoms with Crippen LogP contribution in [0.5, 0.6) is 0 Å². The quantitative estimate of drug-likeness (QED) is 0.630. The van der Waals surface area contributed by atoms with Crippen LogP contribution in [0.15, 0.2) is 0 Å². The Bertz CT molecular complexity index is 138. The monoisotopic (exact) mass is 174 g/mol. The molecule has 4 unspecified atom stereocenters. The van der Waals surface area contributed by atoms with Crippen LogP contribution in [-0.4, -0.2) is 38.6 Å². The lowest BCUT2D eigenvalue weighted by molar-refractivity contribution is -0.176. The molecule has 0 aromatic heterocycles. The molecule has 0 aliphatic carbocycles. The summed E-state index contributed by atoms with van der Waals surface area (Å²) in [5, 5.41) is 0. The van der Waals surface area contributed by atoms with Gasteiger partial charge in [-0.2, -0.15) is 0 Å². The minimum Gasteiger partial charge on any atom is -0.379 e. The molecule has 1 saturated heterocycles. The van der Waals surface area contributed by atoms with Gasteiger partial charge in [0.05, 0.1) is 18.3 Å². The van der Waals surface area contributed by atoms with Gasteiger partial charge in [-0.15, -0.1) is 0 Å². The van der Waals surface area contributed by atoms with Gasteiger partial charge in [0.1, 0.15) is 6.10 Å². The second-order valence-corrected chi connectivity index (χ2v) is 3.36. The van der Waals surface area contributed by atoms with Gasteiger partial charge in [0.15, 0.2) is 0 Å². The molecule has 1 rings (SSSR count). The summed E-state index contributed by atoms with van der Waals surface area (Å²) in [7, 11) is 3.42. The zero-order valence-corrected chi connectivity index (χ0v) is 8.24. The molecule has 1 aliphatic heterocycles. The molecule has 1 fully saturated rings. The highest BCUT2D eigenvalue weighted by atomic mass is 16.6. The van der Waals surface area contributed by atoms with E-state index in [0.29, 0.717) is 0 Å². The average molecular weight is 174 g/mol. The summed E-state index contributed by atoms with van der Waals surface area (Å²) in [6.45, 7) is 4.09. The van der Waals surface area contributed by atoms with Crippen molar-refractivity contribution in [1.29, 1.82) is 0 Å². The number of methoxy groups -OCH3 is 2. The van der Waals surface area contributed by atoms with Crippen LogP contribution < -0.4 is 0 Å². The fraction of sp³-hybridized carbons (Fsp3) is 1.00. The Balaban J connectivity index is 2.56. The van der Waals surface area contributed by atoms with E-state index < -0.39 is 0 Å². The minimum absolute atomic E-state index is 0.0752. The van der Waals surface area contributed by atoms with Crippen LogP contribution in [0, 0.1) is 0 Å². The third-order valence-corrected chi connectivity index (χ3v) is 2.42. The molecule has 1 heterocycles. The number of hydrogen-bond acceptors (Lipinski definition) is 3. The normalized spacial score (nSPS) is 43.0. The van der Waals surface area contributed by atoms with E-state index in [4.69, 9.17) is 14.2 Å². The van der Waals surface area contributed by atoms with Gasteiger partial charge >= 0.3 is 0 Å². The smallest absolute Gasteiger partial charge is 0.109 e. The molecule has 1 aliphatic rings. The summed E-state index contributed by atoms with van der Waals surface area (Å²) in [6.07, 6.45) is 1.57. The molecule has 0 spiro atoms. The summed E-state index contributed by atoms with van der Waals surface area (Å²) >= 11 is 0. The molecule has 0 aromatic carbocycles. The van der Waals surface area contributed by atoms with Crippen LogP contribution in [-0.2, 0) is 14.2 Å².